The molecule has 7 heteroatoms. The van der Waals surface area contributed by atoms with Gasteiger partial charge in [0.15, 0.2) is 0 Å². The van der Waals surface area contributed by atoms with Gasteiger partial charge in [-0.3, -0.25) is 9.69 Å². The normalized spacial score (nSPS) is 17.3. The molecule has 1 fully saturated rings. The van der Waals surface area contributed by atoms with E-state index in [1.807, 2.05) is 24.3 Å². The molecule has 0 aliphatic carbocycles. The number of aromatic amines is 1. The molecule has 3 rings (SSSR count). The Kier molecular flexibility index (Phi) is 5.32. The molecule has 2 aromatic rings. The van der Waals surface area contributed by atoms with Crippen molar-refractivity contribution in [3.05, 3.63) is 34.4 Å². The fraction of sp³-hybridized carbons (Fsp3) is 0.438. The molecule has 2 heterocycles. The number of hydrogen-bond donors (Lipinski definition) is 3. The van der Waals surface area contributed by atoms with Gasteiger partial charge in [-0.15, -0.1) is 0 Å². The van der Waals surface area contributed by atoms with Gasteiger partial charge in [0.05, 0.1) is 19.3 Å². The fourth-order valence-corrected chi connectivity index (χ4v) is 3.06. The smallest absolute Gasteiger partial charge is 0.267 e. The van der Waals surface area contributed by atoms with Crippen molar-refractivity contribution in [3.8, 4) is 0 Å². The number of hydrogen-bond acceptors (Lipinski definition) is 4. The molecule has 1 aliphatic rings. The summed E-state index contributed by atoms with van der Waals surface area (Å²) in [5.41, 5.74) is 1.41. The summed E-state index contributed by atoms with van der Waals surface area (Å²) in [4.78, 5) is 17.4. The van der Waals surface area contributed by atoms with E-state index >= 15 is 0 Å². The van der Waals surface area contributed by atoms with Gasteiger partial charge < -0.3 is 20.1 Å². The zero-order chi connectivity index (χ0) is 16.2. The number of nitrogens with one attached hydrogen (secondary N) is 2. The minimum atomic E-state index is -0.587. The third-order valence-electron chi connectivity index (χ3n) is 3.90. The highest BCUT2D eigenvalue weighted by Crippen LogP contribution is 2.20. The van der Waals surface area contributed by atoms with Crippen LogP contribution in [0.25, 0.3) is 10.9 Å². The predicted octanol–water partition coefficient (Wildman–Crippen LogP) is 1.35. The Hall–Kier alpha value is -1.41. The summed E-state index contributed by atoms with van der Waals surface area (Å²) in [6, 6.07) is 7.61. The summed E-state index contributed by atoms with van der Waals surface area (Å²) >= 11 is 3.41. The number of nitrogens with zero attached hydrogens (tertiary/aromatic N) is 1. The van der Waals surface area contributed by atoms with Gasteiger partial charge in [-0.05, 0) is 24.3 Å². The van der Waals surface area contributed by atoms with E-state index in [0.717, 1.165) is 28.5 Å². The van der Waals surface area contributed by atoms with E-state index in [1.54, 1.807) is 0 Å². The molecule has 1 aliphatic heterocycles. The van der Waals surface area contributed by atoms with Crippen molar-refractivity contribution >= 4 is 32.7 Å². The minimum absolute atomic E-state index is 0.210. The maximum Gasteiger partial charge on any atom is 0.267 e. The van der Waals surface area contributed by atoms with Crippen molar-refractivity contribution in [1.29, 1.82) is 0 Å². The van der Waals surface area contributed by atoms with Gasteiger partial charge in [0, 0.05) is 41.6 Å². The molecular formula is C16H20BrN3O3. The zero-order valence-electron chi connectivity index (χ0n) is 12.7. The van der Waals surface area contributed by atoms with Crippen molar-refractivity contribution in [2.75, 3.05) is 39.4 Å². The highest BCUT2D eigenvalue weighted by atomic mass is 79.9. The maximum atomic E-state index is 12.2. The summed E-state index contributed by atoms with van der Waals surface area (Å²) in [5.74, 6) is -0.210. The largest absolute Gasteiger partial charge is 0.390 e. The number of carbonyl (C=O) groups excluding carboxylic acids is 1. The second-order valence-corrected chi connectivity index (χ2v) is 6.61. The number of aliphatic hydroxyl groups is 1. The zero-order valence-corrected chi connectivity index (χ0v) is 14.3. The Balaban J connectivity index is 1.53. The third kappa shape index (κ3) is 4.32. The van der Waals surface area contributed by atoms with E-state index in [4.69, 9.17) is 4.74 Å². The summed E-state index contributed by atoms with van der Waals surface area (Å²) in [5, 5.41) is 13.8. The molecular weight excluding hydrogens is 362 g/mol. The number of H-pyrrole nitrogens is 1. The van der Waals surface area contributed by atoms with E-state index in [-0.39, 0.29) is 12.5 Å². The van der Waals surface area contributed by atoms with E-state index in [1.165, 1.54) is 0 Å². The highest BCUT2D eigenvalue weighted by Gasteiger charge is 2.16. The van der Waals surface area contributed by atoms with Gasteiger partial charge in [0.1, 0.15) is 5.69 Å². The second-order valence-electron chi connectivity index (χ2n) is 5.69. The Labute approximate surface area is 142 Å². The first kappa shape index (κ1) is 16.4. The third-order valence-corrected chi connectivity index (χ3v) is 4.39. The quantitative estimate of drug-likeness (QED) is 0.730. The first-order chi connectivity index (χ1) is 11.1. The number of ether oxygens (including phenoxy) is 1. The van der Waals surface area contributed by atoms with Crippen LogP contribution >= 0.6 is 15.9 Å². The van der Waals surface area contributed by atoms with Crippen LogP contribution in [0, 0.1) is 0 Å². The molecule has 0 bridgehead atoms. The minimum Gasteiger partial charge on any atom is -0.390 e. The van der Waals surface area contributed by atoms with Crippen LogP contribution in [0.3, 0.4) is 0 Å². The number of amides is 1. The molecule has 1 amide bonds. The van der Waals surface area contributed by atoms with Crippen molar-refractivity contribution in [1.82, 2.24) is 15.2 Å². The van der Waals surface area contributed by atoms with Gasteiger partial charge >= 0.3 is 0 Å². The average molecular weight is 382 g/mol. The number of β-amino-alcohol motifs (C(OH)–C–C–N with tert-alkyl or cyclic N) is 1. The Morgan fingerprint density at radius 3 is 2.96 bits per heavy atom. The topological polar surface area (TPSA) is 77.6 Å². The number of halogens is 1. The van der Waals surface area contributed by atoms with Crippen LogP contribution in [0.4, 0.5) is 0 Å². The second kappa shape index (κ2) is 7.44. The summed E-state index contributed by atoms with van der Waals surface area (Å²) < 4.78 is 6.24. The molecule has 1 aromatic heterocycles. The van der Waals surface area contributed by atoms with E-state index in [0.29, 0.717) is 25.5 Å². The van der Waals surface area contributed by atoms with Crippen molar-refractivity contribution in [3.63, 3.8) is 0 Å². The van der Waals surface area contributed by atoms with E-state index in [9.17, 15) is 9.90 Å². The van der Waals surface area contributed by atoms with Crippen LogP contribution in [0.5, 0.6) is 0 Å². The molecule has 124 valence electrons. The van der Waals surface area contributed by atoms with E-state index < -0.39 is 6.10 Å². The number of aromatic nitrogens is 1. The van der Waals surface area contributed by atoms with Crippen LogP contribution in [-0.2, 0) is 4.74 Å². The van der Waals surface area contributed by atoms with Crippen molar-refractivity contribution < 1.29 is 14.6 Å². The van der Waals surface area contributed by atoms with Crippen molar-refractivity contribution in [2.45, 2.75) is 6.10 Å². The van der Waals surface area contributed by atoms with Crippen LogP contribution in [0.1, 0.15) is 10.5 Å². The van der Waals surface area contributed by atoms with Gasteiger partial charge in [-0.1, -0.05) is 15.9 Å². The number of carbonyl (C=O) groups is 1. The molecule has 0 unspecified atom stereocenters. The lowest BCUT2D eigenvalue weighted by Gasteiger charge is -2.28. The van der Waals surface area contributed by atoms with Gasteiger partial charge in [0.25, 0.3) is 5.91 Å². The molecule has 0 radical (unpaired) electrons. The van der Waals surface area contributed by atoms with Crippen LogP contribution in [0.15, 0.2) is 28.7 Å². The fourth-order valence-electron chi connectivity index (χ4n) is 2.68. The predicted molar refractivity (Wildman–Crippen MR) is 91.6 cm³/mol. The van der Waals surface area contributed by atoms with Crippen LogP contribution in [0.2, 0.25) is 0 Å². The summed E-state index contributed by atoms with van der Waals surface area (Å²) in [6.07, 6.45) is -0.587. The van der Waals surface area contributed by atoms with Crippen LogP contribution in [-0.4, -0.2) is 66.4 Å². The molecule has 6 nitrogen and oxygen atoms in total. The number of rotatable bonds is 5. The molecule has 3 N–H and O–H groups in total. The molecule has 1 saturated heterocycles. The molecule has 1 aromatic carbocycles. The Morgan fingerprint density at radius 1 is 1.39 bits per heavy atom. The number of benzene rings is 1. The lowest BCUT2D eigenvalue weighted by Crippen LogP contribution is -2.44. The standard InChI is InChI=1S/C16H20BrN3O3/c17-12-1-2-14-11(7-12)8-15(19-14)16(22)18-9-13(21)10-20-3-5-23-6-4-20/h1-2,7-8,13,19,21H,3-6,9-10H2,(H,18,22)/t13-/m1/s1. The van der Waals surface area contributed by atoms with Crippen molar-refractivity contribution in [2.24, 2.45) is 0 Å². The molecule has 23 heavy (non-hydrogen) atoms. The molecule has 0 saturated carbocycles. The summed E-state index contributed by atoms with van der Waals surface area (Å²) in [7, 11) is 0. The molecule has 1 atom stereocenters. The van der Waals surface area contributed by atoms with Gasteiger partial charge in [-0.2, -0.15) is 0 Å². The highest BCUT2D eigenvalue weighted by molar-refractivity contribution is 9.10. The van der Waals surface area contributed by atoms with E-state index in [2.05, 4.69) is 31.1 Å². The summed E-state index contributed by atoms with van der Waals surface area (Å²) in [6.45, 7) is 3.82. The van der Waals surface area contributed by atoms with Gasteiger partial charge in [0.2, 0.25) is 0 Å². The van der Waals surface area contributed by atoms with Crippen LogP contribution < -0.4 is 5.32 Å². The lowest BCUT2D eigenvalue weighted by atomic mass is 10.2. The maximum absolute atomic E-state index is 12.2. The average Bonchev–Trinajstić information content (AvgIpc) is 2.96. The van der Waals surface area contributed by atoms with Gasteiger partial charge in [-0.25, -0.2) is 0 Å². The lowest BCUT2D eigenvalue weighted by molar-refractivity contribution is 0.0149. The Bertz CT molecular complexity index is 682. The number of aliphatic hydroxyl groups excluding tert-OH is 1. The first-order valence-electron chi connectivity index (χ1n) is 7.66. The molecule has 0 spiro atoms. The SMILES string of the molecule is O=C(NC[C@@H](O)CN1CCOCC1)c1cc2cc(Br)ccc2[nH]1. The Morgan fingerprint density at radius 2 is 2.17 bits per heavy atom. The first-order valence-corrected chi connectivity index (χ1v) is 8.46. The number of morpholine rings is 1. The monoisotopic (exact) mass is 381 g/mol. The number of fused-ring (bicyclic) bond motifs is 1.